The lowest BCUT2D eigenvalue weighted by Gasteiger charge is -2.23. The van der Waals surface area contributed by atoms with Gasteiger partial charge in [-0.15, -0.1) is 0 Å². The van der Waals surface area contributed by atoms with Crippen molar-refractivity contribution in [2.75, 3.05) is 59.9 Å². The predicted molar refractivity (Wildman–Crippen MR) is 114 cm³/mol. The molecule has 1 N–H and O–H groups in total. The topological polar surface area (TPSA) is 43.3 Å². The van der Waals surface area contributed by atoms with Gasteiger partial charge in [0.25, 0.3) is 0 Å². The highest BCUT2D eigenvalue weighted by molar-refractivity contribution is 5.79. The number of ether oxygens (including phenoxy) is 1. The number of rotatable bonds is 9. The van der Waals surface area contributed by atoms with Crippen LogP contribution in [0.1, 0.15) is 25.3 Å². The van der Waals surface area contributed by atoms with Crippen LogP contribution in [0.3, 0.4) is 0 Å². The maximum Gasteiger partial charge on any atom is 0.387 e. The van der Waals surface area contributed by atoms with Crippen molar-refractivity contribution in [3.63, 3.8) is 0 Å². The fraction of sp³-hybridized carbons (Fsp3) is 0.667. The van der Waals surface area contributed by atoms with Crippen LogP contribution in [0, 0.1) is 0 Å². The highest BCUT2D eigenvalue weighted by Gasteiger charge is 2.12. The highest BCUT2D eigenvalue weighted by atomic mass is 19.3. The van der Waals surface area contributed by atoms with Crippen molar-refractivity contribution in [1.82, 2.24) is 20.0 Å². The molecule has 2 rings (SSSR count). The summed E-state index contributed by atoms with van der Waals surface area (Å²) in [5, 5.41) is 3.33. The Kier molecular flexibility index (Phi) is 10.1. The van der Waals surface area contributed by atoms with Gasteiger partial charge in [0.05, 0.1) is 0 Å². The molecule has 29 heavy (non-hydrogen) atoms. The fourth-order valence-corrected chi connectivity index (χ4v) is 3.40. The van der Waals surface area contributed by atoms with Crippen molar-refractivity contribution in [3.8, 4) is 5.75 Å². The van der Waals surface area contributed by atoms with E-state index >= 15 is 0 Å². The molecule has 1 aromatic carbocycles. The van der Waals surface area contributed by atoms with Gasteiger partial charge in [-0.2, -0.15) is 8.78 Å². The molecule has 0 saturated carbocycles. The molecule has 8 heteroatoms. The average Bonchev–Trinajstić information content (AvgIpc) is 2.89. The van der Waals surface area contributed by atoms with Crippen molar-refractivity contribution < 1.29 is 13.5 Å². The lowest BCUT2D eigenvalue weighted by Crippen LogP contribution is -2.38. The van der Waals surface area contributed by atoms with Gasteiger partial charge in [-0.3, -0.25) is 4.99 Å². The molecule has 1 aromatic rings. The summed E-state index contributed by atoms with van der Waals surface area (Å²) in [6, 6.07) is 6.73. The smallest absolute Gasteiger partial charge is 0.387 e. The first kappa shape index (κ1) is 23.3. The van der Waals surface area contributed by atoms with E-state index in [1.807, 2.05) is 18.9 Å². The van der Waals surface area contributed by atoms with E-state index in [2.05, 4.69) is 26.9 Å². The minimum absolute atomic E-state index is 0.173. The molecule has 1 fully saturated rings. The van der Waals surface area contributed by atoms with E-state index in [9.17, 15) is 8.78 Å². The molecule has 1 aliphatic heterocycles. The maximum absolute atomic E-state index is 12.3. The zero-order valence-corrected chi connectivity index (χ0v) is 17.9. The molecule has 164 valence electrons. The third kappa shape index (κ3) is 8.95. The normalized spacial score (nSPS) is 16.7. The van der Waals surface area contributed by atoms with Gasteiger partial charge in [-0.1, -0.05) is 12.1 Å². The number of hydrogen-bond donors (Lipinski definition) is 1. The first-order valence-corrected chi connectivity index (χ1v) is 10.4. The summed E-state index contributed by atoms with van der Waals surface area (Å²) in [4.78, 5) is 11.7. The quantitative estimate of drug-likeness (QED) is 0.385. The van der Waals surface area contributed by atoms with Gasteiger partial charge in [0.1, 0.15) is 5.75 Å². The summed E-state index contributed by atoms with van der Waals surface area (Å²) in [5.74, 6) is 1.03. The zero-order chi connectivity index (χ0) is 21.1. The van der Waals surface area contributed by atoms with Crippen molar-refractivity contribution in [2.45, 2.75) is 32.9 Å². The first-order valence-electron chi connectivity index (χ1n) is 10.4. The number of aliphatic imine (C=N–C) groups is 1. The van der Waals surface area contributed by atoms with E-state index in [1.165, 1.54) is 19.5 Å². The SMILES string of the molecule is CCNC(=NCCCN1CCCN(C)CC1)N(C)Cc1ccc(OC(F)F)cc1. The molecule has 0 atom stereocenters. The monoisotopic (exact) mass is 411 g/mol. The molecular formula is C21H35F2N5O. The van der Waals surface area contributed by atoms with Crippen LogP contribution in [-0.2, 0) is 6.54 Å². The molecule has 0 unspecified atom stereocenters. The fourth-order valence-electron chi connectivity index (χ4n) is 3.40. The molecule has 1 saturated heterocycles. The Morgan fingerprint density at radius 1 is 1.21 bits per heavy atom. The van der Waals surface area contributed by atoms with Crippen LogP contribution in [0.5, 0.6) is 5.75 Å². The molecule has 0 radical (unpaired) electrons. The van der Waals surface area contributed by atoms with Crippen molar-refractivity contribution >= 4 is 5.96 Å². The summed E-state index contributed by atoms with van der Waals surface area (Å²) in [6.07, 6.45) is 2.26. The lowest BCUT2D eigenvalue weighted by molar-refractivity contribution is -0.0498. The standard InChI is InChI=1S/C21H35F2N5O/c1-4-24-21(25-11-5-13-28-14-6-12-26(2)15-16-28)27(3)17-18-7-9-19(10-8-18)29-20(22)23/h7-10,20H,4-6,11-17H2,1-3H3,(H,24,25). The number of likely N-dealkylation sites (N-methyl/N-ethyl adjacent to an activating group) is 1. The number of alkyl halides is 2. The number of benzene rings is 1. The van der Waals surface area contributed by atoms with Crippen molar-refractivity contribution in [2.24, 2.45) is 4.99 Å². The third-order valence-electron chi connectivity index (χ3n) is 4.97. The van der Waals surface area contributed by atoms with Gasteiger partial charge in [-0.05, 0) is 64.1 Å². The molecule has 0 aromatic heterocycles. The van der Waals surface area contributed by atoms with Crippen LogP contribution >= 0.6 is 0 Å². The number of nitrogens with one attached hydrogen (secondary N) is 1. The number of halogens is 2. The molecular weight excluding hydrogens is 376 g/mol. The van der Waals surface area contributed by atoms with E-state index in [0.29, 0.717) is 6.54 Å². The highest BCUT2D eigenvalue weighted by Crippen LogP contribution is 2.15. The number of hydrogen-bond acceptors (Lipinski definition) is 4. The molecule has 1 aliphatic rings. The number of nitrogens with zero attached hydrogens (tertiary/aromatic N) is 4. The zero-order valence-electron chi connectivity index (χ0n) is 17.9. The van der Waals surface area contributed by atoms with Gasteiger partial charge in [0.2, 0.25) is 0 Å². The average molecular weight is 412 g/mol. The van der Waals surface area contributed by atoms with Crippen LogP contribution < -0.4 is 10.1 Å². The Balaban J connectivity index is 1.81. The Bertz CT molecular complexity index is 612. The van der Waals surface area contributed by atoms with Gasteiger partial charge in [0.15, 0.2) is 5.96 Å². The van der Waals surface area contributed by atoms with Gasteiger partial charge < -0.3 is 24.8 Å². The van der Waals surface area contributed by atoms with E-state index in [-0.39, 0.29) is 5.75 Å². The van der Waals surface area contributed by atoms with Crippen LogP contribution in [0.2, 0.25) is 0 Å². The van der Waals surface area contributed by atoms with Crippen molar-refractivity contribution in [1.29, 1.82) is 0 Å². The minimum atomic E-state index is -2.80. The van der Waals surface area contributed by atoms with Crippen LogP contribution in [0.4, 0.5) is 8.78 Å². The summed E-state index contributed by atoms with van der Waals surface area (Å²) >= 11 is 0. The Morgan fingerprint density at radius 3 is 2.66 bits per heavy atom. The Hall–Kier alpha value is -1.93. The van der Waals surface area contributed by atoms with Crippen LogP contribution in [0.15, 0.2) is 29.3 Å². The van der Waals surface area contributed by atoms with E-state index < -0.39 is 6.61 Å². The second-order valence-electron chi connectivity index (χ2n) is 7.47. The van der Waals surface area contributed by atoms with E-state index in [4.69, 9.17) is 4.99 Å². The van der Waals surface area contributed by atoms with E-state index in [1.54, 1.807) is 24.3 Å². The second-order valence-corrected chi connectivity index (χ2v) is 7.47. The summed E-state index contributed by atoms with van der Waals surface area (Å²) in [7, 11) is 4.17. The van der Waals surface area contributed by atoms with Crippen LogP contribution in [-0.4, -0.2) is 87.2 Å². The van der Waals surface area contributed by atoms with Crippen molar-refractivity contribution in [3.05, 3.63) is 29.8 Å². The molecule has 0 spiro atoms. The predicted octanol–water partition coefficient (Wildman–Crippen LogP) is 2.71. The maximum atomic E-state index is 12.3. The second kappa shape index (κ2) is 12.6. The van der Waals surface area contributed by atoms with E-state index in [0.717, 1.165) is 50.7 Å². The van der Waals surface area contributed by atoms with Crippen LogP contribution in [0.25, 0.3) is 0 Å². The van der Waals surface area contributed by atoms with Gasteiger partial charge >= 0.3 is 6.61 Å². The first-order chi connectivity index (χ1) is 14.0. The van der Waals surface area contributed by atoms with Gasteiger partial charge in [-0.25, -0.2) is 0 Å². The minimum Gasteiger partial charge on any atom is -0.435 e. The Labute approximate surface area is 173 Å². The molecule has 6 nitrogen and oxygen atoms in total. The number of guanidine groups is 1. The molecule has 1 heterocycles. The largest absolute Gasteiger partial charge is 0.435 e. The summed E-state index contributed by atoms with van der Waals surface area (Å²) in [5.41, 5.74) is 1.01. The Morgan fingerprint density at radius 2 is 1.97 bits per heavy atom. The third-order valence-corrected chi connectivity index (χ3v) is 4.97. The molecule has 0 aliphatic carbocycles. The summed E-state index contributed by atoms with van der Waals surface area (Å²) in [6.45, 7) is 7.15. The molecule has 0 amide bonds. The summed E-state index contributed by atoms with van der Waals surface area (Å²) < 4.78 is 28.9. The van der Waals surface area contributed by atoms with Gasteiger partial charge in [0, 0.05) is 39.8 Å². The molecule has 0 bridgehead atoms. The lowest BCUT2D eigenvalue weighted by atomic mass is 10.2.